The third-order valence-corrected chi connectivity index (χ3v) is 7.97. The molecule has 1 N–H and O–H groups in total. The molecule has 0 aromatic heterocycles. The predicted molar refractivity (Wildman–Crippen MR) is 150 cm³/mol. The number of amides is 1. The van der Waals surface area contributed by atoms with Crippen molar-refractivity contribution in [1.82, 2.24) is 9.80 Å². The maximum atomic E-state index is 13.1. The van der Waals surface area contributed by atoms with Crippen LogP contribution in [0.3, 0.4) is 0 Å². The number of carbonyl (C=O) groups is 1. The molecular weight excluding hydrogens is 541 g/mol. The Bertz CT molecular complexity index is 1490. The van der Waals surface area contributed by atoms with Crippen LogP contribution in [0.1, 0.15) is 34.0 Å². The first-order valence-corrected chi connectivity index (χ1v) is 14.0. The summed E-state index contributed by atoms with van der Waals surface area (Å²) >= 11 is 0. The maximum Gasteiger partial charge on any atom is 0.416 e. The van der Waals surface area contributed by atoms with E-state index in [0.29, 0.717) is 49.5 Å². The first-order chi connectivity index (χ1) is 19.0. The molecule has 1 heterocycles. The Hall–Kier alpha value is -3.96. The van der Waals surface area contributed by atoms with Gasteiger partial charge >= 0.3 is 6.18 Å². The molecule has 40 heavy (non-hydrogen) atoms. The Balaban J connectivity index is 1.35. The van der Waals surface area contributed by atoms with Gasteiger partial charge in [0.1, 0.15) is 4.90 Å². The van der Waals surface area contributed by atoms with Gasteiger partial charge in [-0.25, -0.2) is 8.42 Å². The Kier molecular flexibility index (Phi) is 8.75. The number of anilines is 1. The number of para-hydroxylation sites is 1. The molecule has 0 aliphatic carbocycles. The van der Waals surface area contributed by atoms with E-state index in [9.17, 15) is 26.4 Å². The van der Waals surface area contributed by atoms with Crippen molar-refractivity contribution in [2.45, 2.75) is 24.5 Å². The lowest BCUT2D eigenvalue weighted by Gasteiger charge is -2.34. The van der Waals surface area contributed by atoms with E-state index in [-0.39, 0.29) is 16.5 Å². The second kappa shape index (κ2) is 12.1. The lowest BCUT2D eigenvalue weighted by atomic mass is 10.1. The molecule has 0 atom stereocenters. The highest BCUT2D eigenvalue weighted by Crippen LogP contribution is 2.31. The summed E-state index contributed by atoms with van der Waals surface area (Å²) in [6.07, 6.45) is -0.835. The van der Waals surface area contributed by atoms with E-state index >= 15 is 0 Å². The predicted octanol–water partition coefficient (Wildman–Crippen LogP) is 5.83. The molecule has 1 aliphatic rings. The molecule has 1 saturated heterocycles. The van der Waals surface area contributed by atoms with Crippen LogP contribution in [-0.4, -0.2) is 57.0 Å². The Morgan fingerprint density at radius 3 is 2.23 bits per heavy atom. The number of nitrogens with one attached hydrogen (secondary N) is 1. The number of benzene rings is 3. The number of rotatable bonds is 8. The number of halogens is 3. The minimum absolute atomic E-state index is 0.00702. The topological polar surface area (TPSA) is 82.1 Å². The largest absolute Gasteiger partial charge is 0.416 e. The second-order valence-corrected chi connectivity index (χ2v) is 10.9. The van der Waals surface area contributed by atoms with E-state index in [1.165, 1.54) is 30.3 Å². The minimum Gasteiger partial charge on any atom is -0.336 e. The number of carbonyl (C=O) groups excluding carboxylic acids is 1. The van der Waals surface area contributed by atoms with Gasteiger partial charge in [0, 0.05) is 49.5 Å². The van der Waals surface area contributed by atoms with Crippen molar-refractivity contribution in [1.29, 1.82) is 0 Å². The molecule has 1 amide bonds. The Morgan fingerprint density at radius 1 is 1.00 bits per heavy atom. The number of sulfonamides is 1. The van der Waals surface area contributed by atoms with Crippen molar-refractivity contribution in [3.8, 4) is 0 Å². The first kappa shape index (κ1) is 29.0. The molecule has 0 bridgehead atoms. The van der Waals surface area contributed by atoms with E-state index < -0.39 is 21.8 Å². The monoisotopic (exact) mass is 570 g/mol. The van der Waals surface area contributed by atoms with Crippen LogP contribution < -0.4 is 4.72 Å². The molecule has 3 aromatic carbocycles. The van der Waals surface area contributed by atoms with Gasteiger partial charge in [0.25, 0.3) is 15.9 Å². The maximum absolute atomic E-state index is 13.1. The molecule has 210 valence electrons. The smallest absolute Gasteiger partial charge is 0.336 e. The van der Waals surface area contributed by atoms with Crippen LogP contribution in [0.5, 0.6) is 0 Å². The third-order valence-electron chi connectivity index (χ3n) is 6.56. The standard InChI is InChI=1S/C29H29F3N4O3S/c1-3-5-22-6-4-7-26(27(22)33-2)40(38,39)34-25-14-10-23(11-15-25)28(37)36-18-16-35(17-19-36)20-21-8-12-24(13-9-21)29(30,31)32/h3-15,34H,2,16-20H2,1H3/b5-3-. The van der Waals surface area contributed by atoms with Gasteiger partial charge in [-0.3, -0.25) is 19.4 Å². The van der Waals surface area contributed by atoms with Crippen LogP contribution in [0, 0.1) is 0 Å². The number of hydrogen-bond acceptors (Lipinski definition) is 5. The zero-order chi connectivity index (χ0) is 28.9. The zero-order valence-electron chi connectivity index (χ0n) is 21.9. The summed E-state index contributed by atoms with van der Waals surface area (Å²) in [5.74, 6) is -0.180. The fourth-order valence-corrected chi connectivity index (χ4v) is 5.73. The molecule has 0 spiro atoms. The van der Waals surface area contributed by atoms with Gasteiger partial charge in [0.15, 0.2) is 0 Å². The zero-order valence-corrected chi connectivity index (χ0v) is 22.7. The van der Waals surface area contributed by atoms with Gasteiger partial charge in [-0.15, -0.1) is 0 Å². The molecule has 11 heteroatoms. The second-order valence-electron chi connectivity index (χ2n) is 9.30. The lowest BCUT2D eigenvalue weighted by molar-refractivity contribution is -0.137. The van der Waals surface area contributed by atoms with Gasteiger partial charge in [-0.05, 0) is 61.7 Å². The van der Waals surface area contributed by atoms with Crippen LogP contribution in [0.25, 0.3) is 6.08 Å². The fraction of sp³-hybridized carbons (Fsp3) is 0.241. The molecule has 7 nitrogen and oxygen atoms in total. The summed E-state index contributed by atoms with van der Waals surface area (Å²) in [6, 6.07) is 16.1. The van der Waals surface area contributed by atoms with E-state index in [1.54, 1.807) is 41.3 Å². The summed E-state index contributed by atoms with van der Waals surface area (Å²) in [6.45, 7) is 7.91. The number of aliphatic imine (C=N–C) groups is 1. The van der Waals surface area contributed by atoms with Crippen molar-refractivity contribution < 1.29 is 26.4 Å². The average Bonchev–Trinajstić information content (AvgIpc) is 2.93. The van der Waals surface area contributed by atoms with Gasteiger partial charge in [0.2, 0.25) is 0 Å². The van der Waals surface area contributed by atoms with E-state index in [0.717, 1.165) is 17.7 Å². The van der Waals surface area contributed by atoms with Crippen molar-refractivity contribution in [2.75, 3.05) is 30.9 Å². The van der Waals surface area contributed by atoms with Crippen molar-refractivity contribution in [3.05, 3.63) is 95.1 Å². The van der Waals surface area contributed by atoms with Crippen LogP contribution >= 0.6 is 0 Å². The fourth-order valence-electron chi connectivity index (χ4n) is 4.48. The number of piperazine rings is 1. The average molecular weight is 571 g/mol. The Morgan fingerprint density at radius 2 is 1.65 bits per heavy atom. The van der Waals surface area contributed by atoms with Crippen LogP contribution in [0.4, 0.5) is 24.5 Å². The molecule has 0 saturated carbocycles. The SMILES string of the molecule is C=Nc1c(/C=C\C)cccc1S(=O)(=O)Nc1ccc(C(=O)N2CCN(Cc3ccc(C(F)(F)F)cc3)CC2)cc1. The first-order valence-electron chi connectivity index (χ1n) is 12.5. The van der Waals surface area contributed by atoms with Crippen LogP contribution in [-0.2, 0) is 22.7 Å². The molecule has 1 aliphatic heterocycles. The summed E-state index contributed by atoms with van der Waals surface area (Å²) in [4.78, 5) is 20.7. The third kappa shape index (κ3) is 6.78. The van der Waals surface area contributed by atoms with Crippen molar-refractivity contribution in [2.24, 2.45) is 4.99 Å². The minimum atomic E-state index is -4.36. The molecule has 0 unspecified atom stereocenters. The lowest BCUT2D eigenvalue weighted by Crippen LogP contribution is -2.48. The quantitative estimate of drug-likeness (QED) is 0.346. The number of nitrogens with zero attached hydrogens (tertiary/aromatic N) is 3. The van der Waals surface area contributed by atoms with Crippen molar-refractivity contribution in [3.63, 3.8) is 0 Å². The summed E-state index contributed by atoms with van der Waals surface area (Å²) in [5, 5.41) is 0. The van der Waals surface area contributed by atoms with Crippen LogP contribution in [0.15, 0.2) is 82.7 Å². The molecule has 0 radical (unpaired) electrons. The molecule has 1 fully saturated rings. The number of alkyl halides is 3. The summed E-state index contributed by atoms with van der Waals surface area (Å²) < 4.78 is 67.0. The highest BCUT2D eigenvalue weighted by Gasteiger charge is 2.30. The van der Waals surface area contributed by atoms with Gasteiger partial charge < -0.3 is 4.90 Å². The summed E-state index contributed by atoms with van der Waals surface area (Å²) in [7, 11) is -3.97. The summed E-state index contributed by atoms with van der Waals surface area (Å²) in [5.41, 5.74) is 1.68. The van der Waals surface area contributed by atoms with E-state index in [4.69, 9.17) is 0 Å². The van der Waals surface area contributed by atoms with Crippen molar-refractivity contribution >= 4 is 40.1 Å². The highest BCUT2D eigenvalue weighted by atomic mass is 32.2. The number of hydrogen-bond donors (Lipinski definition) is 1. The molecule has 4 rings (SSSR count). The molecular formula is C29H29F3N4O3S. The number of allylic oxidation sites excluding steroid dienone is 1. The normalized spacial score (nSPS) is 14.8. The Labute approximate surface area is 231 Å². The van der Waals surface area contributed by atoms with Gasteiger partial charge in [-0.2, -0.15) is 13.2 Å². The van der Waals surface area contributed by atoms with Crippen LogP contribution in [0.2, 0.25) is 0 Å². The van der Waals surface area contributed by atoms with E-state index in [1.807, 2.05) is 6.92 Å². The van der Waals surface area contributed by atoms with Gasteiger partial charge in [0.05, 0.1) is 11.3 Å². The molecule has 3 aromatic rings. The van der Waals surface area contributed by atoms with Gasteiger partial charge in [-0.1, -0.05) is 36.4 Å². The van der Waals surface area contributed by atoms with E-state index in [2.05, 4.69) is 21.3 Å². The highest BCUT2D eigenvalue weighted by molar-refractivity contribution is 7.92.